The standard InChI is InChI=1S/C21H19N3O3S2/c1-14(25)15-7-9-16(10-8-15)22-20(27)13-29-21-23-17(11-19(26)24-21)12-28-18-5-3-2-4-6-18/h2-11H,12-13H2,1H3,(H,22,27)(H,23,24,26). The molecule has 0 atom stereocenters. The molecule has 1 aromatic heterocycles. The molecule has 0 aliphatic carbocycles. The molecule has 0 bridgehead atoms. The van der Waals surface area contributed by atoms with Crippen molar-refractivity contribution in [1.29, 1.82) is 0 Å². The molecule has 0 aliphatic rings. The fourth-order valence-corrected chi connectivity index (χ4v) is 3.93. The van der Waals surface area contributed by atoms with Gasteiger partial charge in [0.2, 0.25) is 5.91 Å². The molecule has 1 amide bonds. The number of benzene rings is 2. The van der Waals surface area contributed by atoms with Crippen molar-refractivity contribution >= 4 is 40.9 Å². The van der Waals surface area contributed by atoms with E-state index in [9.17, 15) is 14.4 Å². The van der Waals surface area contributed by atoms with Gasteiger partial charge in [-0.25, -0.2) is 4.98 Å². The van der Waals surface area contributed by atoms with Gasteiger partial charge < -0.3 is 10.3 Å². The fourth-order valence-electron chi connectivity index (χ4n) is 2.42. The molecule has 3 aromatic rings. The predicted molar refractivity (Wildman–Crippen MR) is 117 cm³/mol. The highest BCUT2D eigenvalue weighted by Crippen LogP contribution is 2.22. The Balaban J connectivity index is 1.55. The van der Waals surface area contributed by atoms with E-state index in [0.717, 1.165) is 16.7 Å². The number of nitrogens with one attached hydrogen (secondary N) is 2. The van der Waals surface area contributed by atoms with Gasteiger partial charge in [-0.15, -0.1) is 11.8 Å². The van der Waals surface area contributed by atoms with Gasteiger partial charge in [-0.05, 0) is 43.3 Å². The number of Topliss-reactive ketones (excluding diaryl/α,β-unsaturated/α-hetero) is 1. The summed E-state index contributed by atoms with van der Waals surface area (Å²) in [4.78, 5) is 43.5. The van der Waals surface area contributed by atoms with Gasteiger partial charge in [0.05, 0.1) is 11.4 Å². The lowest BCUT2D eigenvalue weighted by Gasteiger charge is -2.06. The Labute approximate surface area is 176 Å². The molecule has 6 nitrogen and oxygen atoms in total. The van der Waals surface area contributed by atoms with Crippen molar-refractivity contribution in [2.45, 2.75) is 22.7 Å². The maximum atomic E-state index is 12.2. The van der Waals surface area contributed by atoms with Crippen LogP contribution in [0.25, 0.3) is 0 Å². The zero-order valence-electron chi connectivity index (χ0n) is 15.7. The van der Waals surface area contributed by atoms with E-state index in [0.29, 0.717) is 27.9 Å². The molecule has 2 aromatic carbocycles. The van der Waals surface area contributed by atoms with Crippen LogP contribution < -0.4 is 10.9 Å². The number of anilines is 1. The zero-order valence-corrected chi connectivity index (χ0v) is 17.3. The summed E-state index contributed by atoms with van der Waals surface area (Å²) in [6.45, 7) is 1.49. The third-order valence-corrected chi connectivity index (χ3v) is 5.74. The van der Waals surface area contributed by atoms with Crippen LogP contribution in [0.15, 0.2) is 75.5 Å². The number of H-pyrrole nitrogens is 1. The van der Waals surface area contributed by atoms with Crippen LogP contribution in [-0.2, 0) is 10.5 Å². The Bertz CT molecular complexity index is 1050. The largest absolute Gasteiger partial charge is 0.325 e. The number of hydrogen-bond acceptors (Lipinski definition) is 6. The normalized spacial score (nSPS) is 10.5. The average molecular weight is 426 g/mol. The van der Waals surface area contributed by atoms with Crippen molar-refractivity contribution in [2.24, 2.45) is 0 Å². The first-order valence-corrected chi connectivity index (χ1v) is 10.8. The number of rotatable bonds is 8. The summed E-state index contributed by atoms with van der Waals surface area (Å²) in [7, 11) is 0. The van der Waals surface area contributed by atoms with Crippen molar-refractivity contribution in [3.8, 4) is 0 Å². The van der Waals surface area contributed by atoms with Crippen LogP contribution >= 0.6 is 23.5 Å². The summed E-state index contributed by atoms with van der Waals surface area (Å²) >= 11 is 2.76. The minimum absolute atomic E-state index is 0.0289. The highest BCUT2D eigenvalue weighted by molar-refractivity contribution is 7.99. The van der Waals surface area contributed by atoms with Crippen molar-refractivity contribution in [3.63, 3.8) is 0 Å². The third kappa shape index (κ3) is 6.62. The molecule has 0 spiro atoms. The molecule has 0 fully saturated rings. The van der Waals surface area contributed by atoms with Crippen LogP contribution in [0, 0.1) is 0 Å². The van der Waals surface area contributed by atoms with Gasteiger partial charge in [0, 0.05) is 28.0 Å². The summed E-state index contributed by atoms with van der Waals surface area (Å²) in [5.74, 6) is 0.416. The van der Waals surface area contributed by atoms with E-state index in [1.807, 2.05) is 30.3 Å². The summed E-state index contributed by atoms with van der Waals surface area (Å²) in [5, 5.41) is 3.16. The monoisotopic (exact) mass is 425 g/mol. The van der Waals surface area contributed by atoms with Crippen LogP contribution in [0.4, 0.5) is 5.69 Å². The first-order chi connectivity index (χ1) is 14.0. The number of hydrogen-bond donors (Lipinski definition) is 2. The molecule has 0 saturated carbocycles. The number of carbonyl (C=O) groups excluding carboxylic acids is 2. The Kier molecular flexibility index (Phi) is 7.26. The highest BCUT2D eigenvalue weighted by Gasteiger charge is 2.08. The lowest BCUT2D eigenvalue weighted by atomic mass is 10.1. The van der Waals surface area contributed by atoms with Crippen LogP contribution in [-0.4, -0.2) is 27.4 Å². The van der Waals surface area contributed by atoms with Crippen LogP contribution in [0.2, 0.25) is 0 Å². The highest BCUT2D eigenvalue weighted by atomic mass is 32.2. The van der Waals surface area contributed by atoms with E-state index in [-0.39, 0.29) is 23.0 Å². The molecule has 148 valence electrons. The molecule has 0 unspecified atom stereocenters. The summed E-state index contributed by atoms with van der Waals surface area (Å²) in [6.07, 6.45) is 0. The third-order valence-electron chi connectivity index (χ3n) is 3.82. The molecule has 0 saturated heterocycles. The first kappa shape index (κ1) is 20.9. The molecule has 0 aliphatic heterocycles. The molecule has 29 heavy (non-hydrogen) atoms. The minimum Gasteiger partial charge on any atom is -0.325 e. The maximum Gasteiger partial charge on any atom is 0.251 e. The molecular formula is C21H19N3O3S2. The molecule has 1 heterocycles. The second-order valence-corrected chi connectivity index (χ2v) is 8.13. The van der Waals surface area contributed by atoms with Crippen LogP contribution in [0.5, 0.6) is 0 Å². The van der Waals surface area contributed by atoms with Gasteiger partial charge in [0.15, 0.2) is 10.9 Å². The summed E-state index contributed by atoms with van der Waals surface area (Å²) < 4.78 is 0. The number of nitrogens with zero attached hydrogens (tertiary/aromatic N) is 1. The Morgan fingerprint density at radius 3 is 2.45 bits per heavy atom. The van der Waals surface area contributed by atoms with Crippen molar-refractivity contribution in [2.75, 3.05) is 11.1 Å². The lowest BCUT2D eigenvalue weighted by Crippen LogP contribution is -2.15. The van der Waals surface area contributed by atoms with Gasteiger partial charge in [-0.2, -0.15) is 0 Å². The molecular weight excluding hydrogens is 406 g/mol. The van der Waals surface area contributed by atoms with Gasteiger partial charge in [0.1, 0.15) is 0 Å². The summed E-state index contributed by atoms with van der Waals surface area (Å²) in [6, 6.07) is 18.0. The van der Waals surface area contributed by atoms with Gasteiger partial charge in [-0.1, -0.05) is 30.0 Å². The molecule has 2 N–H and O–H groups in total. The lowest BCUT2D eigenvalue weighted by molar-refractivity contribution is -0.113. The van der Waals surface area contributed by atoms with E-state index >= 15 is 0 Å². The van der Waals surface area contributed by atoms with Crippen LogP contribution in [0.3, 0.4) is 0 Å². The summed E-state index contributed by atoms with van der Waals surface area (Å²) in [5.41, 5.74) is 1.61. The van der Waals surface area contributed by atoms with Crippen molar-refractivity contribution in [1.82, 2.24) is 9.97 Å². The quantitative estimate of drug-likeness (QED) is 0.322. The number of ketones is 1. The number of aromatic amines is 1. The zero-order chi connectivity index (χ0) is 20.6. The van der Waals surface area contributed by atoms with E-state index < -0.39 is 0 Å². The van der Waals surface area contributed by atoms with Crippen LogP contribution in [0.1, 0.15) is 23.0 Å². The Morgan fingerprint density at radius 2 is 1.76 bits per heavy atom. The number of amides is 1. The smallest absolute Gasteiger partial charge is 0.251 e. The number of thioether (sulfide) groups is 2. The van der Waals surface area contributed by atoms with Crippen molar-refractivity contribution in [3.05, 3.63) is 82.3 Å². The Hall–Kier alpha value is -2.84. The van der Waals surface area contributed by atoms with Gasteiger partial charge >= 0.3 is 0 Å². The molecule has 8 heteroatoms. The average Bonchev–Trinajstić information content (AvgIpc) is 2.72. The fraction of sp³-hybridized carbons (Fsp3) is 0.143. The second kappa shape index (κ2) is 10.1. The van der Waals surface area contributed by atoms with E-state index in [1.165, 1.54) is 13.0 Å². The maximum absolute atomic E-state index is 12.2. The number of aromatic nitrogens is 2. The van der Waals surface area contributed by atoms with Gasteiger partial charge in [0.25, 0.3) is 5.56 Å². The van der Waals surface area contributed by atoms with E-state index in [4.69, 9.17) is 0 Å². The topological polar surface area (TPSA) is 91.9 Å². The van der Waals surface area contributed by atoms with E-state index in [1.54, 1.807) is 36.0 Å². The minimum atomic E-state index is -0.244. The SMILES string of the molecule is CC(=O)c1ccc(NC(=O)CSc2nc(CSc3ccccc3)cc(=O)[nH]2)cc1. The molecule has 0 radical (unpaired) electrons. The predicted octanol–water partition coefficient (Wildman–Crippen LogP) is 4.00. The van der Waals surface area contributed by atoms with Crippen molar-refractivity contribution < 1.29 is 9.59 Å². The van der Waals surface area contributed by atoms with E-state index in [2.05, 4.69) is 15.3 Å². The second-order valence-electron chi connectivity index (χ2n) is 6.11. The van der Waals surface area contributed by atoms with Gasteiger partial charge in [-0.3, -0.25) is 14.4 Å². The Morgan fingerprint density at radius 1 is 1.03 bits per heavy atom. The number of carbonyl (C=O) groups is 2. The molecule has 3 rings (SSSR count). The first-order valence-electron chi connectivity index (χ1n) is 8.81.